The molecule has 1 heterocycles. The quantitative estimate of drug-likeness (QED) is 0.762. The standard InChI is InChI=1S/C15H20N2O/c1-3-12(2)10-17-14(11-18)9-16-8-13-6-4-5-7-15(13)17/h4-8,11-12,14H,3,9-10H2,1-2H3. The van der Waals surface area contributed by atoms with Crippen molar-refractivity contribution in [2.24, 2.45) is 10.9 Å². The number of nitrogens with zero attached hydrogens (tertiary/aromatic N) is 2. The Labute approximate surface area is 109 Å². The molecule has 0 aliphatic carbocycles. The summed E-state index contributed by atoms with van der Waals surface area (Å²) in [6.45, 7) is 5.85. The zero-order valence-corrected chi connectivity index (χ0v) is 11.0. The molecule has 3 nitrogen and oxygen atoms in total. The largest absolute Gasteiger partial charge is 0.359 e. The molecule has 18 heavy (non-hydrogen) atoms. The van der Waals surface area contributed by atoms with Crippen LogP contribution in [0.15, 0.2) is 29.3 Å². The summed E-state index contributed by atoms with van der Waals surface area (Å²) < 4.78 is 0. The zero-order valence-electron chi connectivity index (χ0n) is 11.0. The van der Waals surface area contributed by atoms with Gasteiger partial charge in [0, 0.05) is 24.0 Å². The number of hydrogen-bond acceptors (Lipinski definition) is 3. The number of aldehydes is 1. The number of carbonyl (C=O) groups is 1. The van der Waals surface area contributed by atoms with Gasteiger partial charge in [-0.15, -0.1) is 0 Å². The number of benzodiazepines with no additional fused rings is 1. The van der Waals surface area contributed by atoms with Crippen LogP contribution in [0.1, 0.15) is 25.8 Å². The highest BCUT2D eigenvalue weighted by molar-refractivity contribution is 5.90. The highest BCUT2D eigenvalue weighted by Gasteiger charge is 2.23. The van der Waals surface area contributed by atoms with Gasteiger partial charge in [-0.1, -0.05) is 38.5 Å². The predicted octanol–water partition coefficient (Wildman–Crippen LogP) is 2.54. The molecule has 0 N–H and O–H groups in total. The lowest BCUT2D eigenvalue weighted by molar-refractivity contribution is -0.108. The second-order valence-corrected chi connectivity index (χ2v) is 4.92. The van der Waals surface area contributed by atoms with Crippen molar-refractivity contribution in [3.8, 4) is 0 Å². The highest BCUT2D eigenvalue weighted by Crippen LogP contribution is 2.24. The van der Waals surface area contributed by atoms with Gasteiger partial charge in [-0.3, -0.25) is 4.99 Å². The second kappa shape index (κ2) is 5.80. The minimum atomic E-state index is -0.140. The molecule has 1 aromatic carbocycles. The van der Waals surface area contributed by atoms with Crippen LogP contribution in [0.3, 0.4) is 0 Å². The van der Waals surface area contributed by atoms with Crippen molar-refractivity contribution in [1.82, 2.24) is 0 Å². The summed E-state index contributed by atoms with van der Waals surface area (Å²) >= 11 is 0. The molecule has 1 aliphatic rings. The van der Waals surface area contributed by atoms with Crippen molar-refractivity contribution in [2.75, 3.05) is 18.0 Å². The molecule has 0 amide bonds. The first-order valence-corrected chi connectivity index (χ1v) is 6.57. The van der Waals surface area contributed by atoms with E-state index in [-0.39, 0.29) is 6.04 Å². The molecular formula is C15H20N2O. The van der Waals surface area contributed by atoms with Crippen molar-refractivity contribution < 1.29 is 4.79 Å². The Bertz CT molecular complexity index is 442. The van der Waals surface area contributed by atoms with Crippen molar-refractivity contribution in [3.63, 3.8) is 0 Å². The summed E-state index contributed by atoms with van der Waals surface area (Å²) in [7, 11) is 0. The van der Waals surface area contributed by atoms with Gasteiger partial charge in [0.15, 0.2) is 0 Å². The molecule has 0 fully saturated rings. The Hall–Kier alpha value is -1.64. The summed E-state index contributed by atoms with van der Waals surface area (Å²) in [5.74, 6) is 0.568. The normalized spacial score (nSPS) is 20.1. The fraction of sp³-hybridized carbons (Fsp3) is 0.467. The minimum absolute atomic E-state index is 0.140. The fourth-order valence-corrected chi connectivity index (χ4v) is 2.21. The molecule has 0 spiro atoms. The summed E-state index contributed by atoms with van der Waals surface area (Å²) in [6, 6.07) is 8.01. The van der Waals surface area contributed by atoms with Crippen molar-refractivity contribution in [2.45, 2.75) is 26.3 Å². The summed E-state index contributed by atoms with van der Waals surface area (Å²) in [5.41, 5.74) is 2.22. The third-order valence-electron chi connectivity index (χ3n) is 3.53. The maximum atomic E-state index is 11.3. The van der Waals surface area contributed by atoms with Gasteiger partial charge in [0.25, 0.3) is 0 Å². The van der Waals surface area contributed by atoms with E-state index >= 15 is 0 Å². The van der Waals surface area contributed by atoms with E-state index < -0.39 is 0 Å². The van der Waals surface area contributed by atoms with E-state index in [1.165, 1.54) is 0 Å². The van der Waals surface area contributed by atoms with Gasteiger partial charge < -0.3 is 9.69 Å². The third-order valence-corrected chi connectivity index (χ3v) is 3.53. The van der Waals surface area contributed by atoms with E-state index in [1.54, 1.807) is 0 Å². The Kier molecular flexibility index (Phi) is 4.13. The zero-order chi connectivity index (χ0) is 13.0. The Morgan fingerprint density at radius 2 is 2.28 bits per heavy atom. The van der Waals surface area contributed by atoms with Crippen LogP contribution in [0.25, 0.3) is 0 Å². The number of hydrogen-bond donors (Lipinski definition) is 0. The number of anilines is 1. The molecule has 1 aliphatic heterocycles. The first-order chi connectivity index (χ1) is 8.76. The Morgan fingerprint density at radius 1 is 1.50 bits per heavy atom. The number of fused-ring (bicyclic) bond motifs is 1. The van der Waals surface area contributed by atoms with Crippen LogP contribution in [-0.2, 0) is 4.79 Å². The van der Waals surface area contributed by atoms with Gasteiger partial charge >= 0.3 is 0 Å². The third kappa shape index (κ3) is 2.61. The van der Waals surface area contributed by atoms with Crippen molar-refractivity contribution in [3.05, 3.63) is 29.8 Å². The molecule has 2 rings (SSSR count). The minimum Gasteiger partial charge on any atom is -0.359 e. The average molecular weight is 244 g/mol. The van der Waals surface area contributed by atoms with Gasteiger partial charge in [0.1, 0.15) is 12.3 Å². The number of rotatable bonds is 4. The van der Waals surface area contributed by atoms with Crippen LogP contribution in [-0.4, -0.2) is 31.6 Å². The lowest BCUT2D eigenvalue weighted by Gasteiger charge is -2.31. The van der Waals surface area contributed by atoms with Crippen LogP contribution in [0.4, 0.5) is 5.69 Å². The monoisotopic (exact) mass is 244 g/mol. The molecule has 0 bridgehead atoms. The van der Waals surface area contributed by atoms with Gasteiger partial charge in [-0.2, -0.15) is 0 Å². The molecule has 96 valence electrons. The molecule has 1 aromatic rings. The molecule has 0 radical (unpaired) electrons. The maximum Gasteiger partial charge on any atom is 0.144 e. The number of para-hydroxylation sites is 1. The molecule has 0 aromatic heterocycles. The Balaban J connectivity index is 2.35. The average Bonchev–Trinajstić information content (AvgIpc) is 2.58. The maximum absolute atomic E-state index is 11.3. The first kappa shape index (κ1) is 12.8. The van der Waals surface area contributed by atoms with E-state index in [0.29, 0.717) is 12.5 Å². The van der Waals surface area contributed by atoms with Gasteiger partial charge in [-0.25, -0.2) is 0 Å². The van der Waals surface area contributed by atoms with Crippen LogP contribution in [0.5, 0.6) is 0 Å². The summed E-state index contributed by atoms with van der Waals surface area (Å²) in [4.78, 5) is 17.8. The molecule has 0 saturated carbocycles. The number of carbonyl (C=O) groups excluding carboxylic acids is 1. The van der Waals surface area contributed by atoms with E-state index in [0.717, 1.165) is 30.5 Å². The van der Waals surface area contributed by atoms with E-state index in [1.807, 2.05) is 18.3 Å². The van der Waals surface area contributed by atoms with Gasteiger partial charge in [0.2, 0.25) is 0 Å². The summed E-state index contributed by atoms with van der Waals surface area (Å²) in [5, 5.41) is 0. The Morgan fingerprint density at radius 3 is 3.00 bits per heavy atom. The lowest BCUT2D eigenvalue weighted by Crippen LogP contribution is -2.41. The second-order valence-electron chi connectivity index (χ2n) is 4.92. The SMILES string of the molecule is CCC(C)CN1c2ccccc2C=NCC1C=O. The fourth-order valence-electron chi connectivity index (χ4n) is 2.21. The van der Waals surface area contributed by atoms with Crippen molar-refractivity contribution >= 4 is 18.2 Å². The van der Waals surface area contributed by atoms with E-state index in [4.69, 9.17) is 0 Å². The predicted molar refractivity (Wildman–Crippen MR) is 75.6 cm³/mol. The van der Waals surface area contributed by atoms with Crippen LogP contribution in [0, 0.1) is 5.92 Å². The summed E-state index contributed by atoms with van der Waals surface area (Å²) in [6.07, 6.45) is 4.01. The molecule has 3 heteroatoms. The van der Waals surface area contributed by atoms with Crippen LogP contribution < -0.4 is 4.90 Å². The van der Waals surface area contributed by atoms with Gasteiger partial charge in [-0.05, 0) is 12.0 Å². The number of benzene rings is 1. The molecule has 0 saturated heterocycles. The van der Waals surface area contributed by atoms with Crippen LogP contribution >= 0.6 is 0 Å². The van der Waals surface area contributed by atoms with Gasteiger partial charge in [0.05, 0.1) is 6.54 Å². The van der Waals surface area contributed by atoms with Crippen molar-refractivity contribution in [1.29, 1.82) is 0 Å². The molecular weight excluding hydrogens is 224 g/mol. The molecule has 2 unspecified atom stereocenters. The first-order valence-electron chi connectivity index (χ1n) is 6.57. The van der Waals surface area contributed by atoms with E-state index in [9.17, 15) is 4.79 Å². The smallest absolute Gasteiger partial charge is 0.144 e. The highest BCUT2D eigenvalue weighted by atomic mass is 16.1. The van der Waals surface area contributed by atoms with Crippen LogP contribution in [0.2, 0.25) is 0 Å². The number of aliphatic imine (C=N–C) groups is 1. The topological polar surface area (TPSA) is 32.7 Å². The molecule has 2 atom stereocenters. The van der Waals surface area contributed by atoms with E-state index in [2.05, 4.69) is 35.9 Å². The lowest BCUT2D eigenvalue weighted by atomic mass is 10.1.